The monoisotopic (exact) mass is 141 g/mol. The molecular formula is C8H15NO. The minimum absolute atomic E-state index is 0.430. The molecule has 0 unspecified atom stereocenters. The van der Waals surface area contributed by atoms with Crippen LogP contribution in [0.15, 0.2) is 0 Å². The number of rotatable bonds is 1. The van der Waals surface area contributed by atoms with Crippen LogP contribution in [-0.4, -0.2) is 25.3 Å². The van der Waals surface area contributed by atoms with E-state index in [4.69, 9.17) is 4.74 Å². The topological polar surface area (TPSA) is 21.3 Å². The Morgan fingerprint density at radius 1 is 1.30 bits per heavy atom. The maximum atomic E-state index is 5.75. The maximum absolute atomic E-state index is 5.75. The fourth-order valence-electron chi connectivity index (χ4n) is 1.57. The Kier molecular flexibility index (Phi) is 1.66. The normalized spacial score (nSPS) is 41.7. The van der Waals surface area contributed by atoms with Crippen molar-refractivity contribution in [1.82, 2.24) is 5.32 Å². The second-order valence-electron chi connectivity index (χ2n) is 3.48. The molecule has 2 nitrogen and oxygen atoms in total. The van der Waals surface area contributed by atoms with Gasteiger partial charge in [-0.2, -0.15) is 0 Å². The van der Waals surface area contributed by atoms with Crippen molar-refractivity contribution in [2.75, 3.05) is 13.1 Å². The smallest absolute Gasteiger partial charge is 0.0731 e. The second kappa shape index (κ2) is 2.51. The summed E-state index contributed by atoms with van der Waals surface area (Å²) in [5, 5.41) is 3.38. The largest absolute Gasteiger partial charge is 0.372 e. The van der Waals surface area contributed by atoms with E-state index in [2.05, 4.69) is 12.2 Å². The van der Waals surface area contributed by atoms with Gasteiger partial charge in [-0.1, -0.05) is 0 Å². The number of hydrogen-bond donors (Lipinski definition) is 1. The SMILES string of the molecule is C[C@H]1CNC[C@@H](C2CC2)O1. The lowest BCUT2D eigenvalue weighted by Gasteiger charge is -2.28. The molecule has 0 aromatic heterocycles. The predicted molar refractivity (Wildman–Crippen MR) is 39.9 cm³/mol. The van der Waals surface area contributed by atoms with Gasteiger partial charge in [-0.15, -0.1) is 0 Å². The van der Waals surface area contributed by atoms with Crippen molar-refractivity contribution in [3.63, 3.8) is 0 Å². The van der Waals surface area contributed by atoms with E-state index >= 15 is 0 Å². The highest BCUT2D eigenvalue weighted by Crippen LogP contribution is 2.35. The van der Waals surface area contributed by atoms with Gasteiger partial charge in [-0.3, -0.25) is 0 Å². The van der Waals surface area contributed by atoms with E-state index in [0.29, 0.717) is 12.2 Å². The van der Waals surface area contributed by atoms with E-state index in [9.17, 15) is 0 Å². The third kappa shape index (κ3) is 1.32. The summed E-state index contributed by atoms with van der Waals surface area (Å²) in [4.78, 5) is 0. The van der Waals surface area contributed by atoms with Gasteiger partial charge >= 0.3 is 0 Å². The third-order valence-electron chi connectivity index (χ3n) is 2.33. The molecule has 0 radical (unpaired) electrons. The fraction of sp³-hybridized carbons (Fsp3) is 1.00. The highest BCUT2D eigenvalue weighted by Gasteiger charge is 2.34. The molecule has 2 fully saturated rings. The van der Waals surface area contributed by atoms with Gasteiger partial charge in [0, 0.05) is 13.1 Å². The Bertz CT molecular complexity index is 122. The van der Waals surface area contributed by atoms with Crippen LogP contribution >= 0.6 is 0 Å². The Morgan fingerprint density at radius 2 is 2.10 bits per heavy atom. The molecule has 1 saturated carbocycles. The summed E-state index contributed by atoms with van der Waals surface area (Å²) in [5.41, 5.74) is 0. The quantitative estimate of drug-likeness (QED) is 0.582. The zero-order chi connectivity index (χ0) is 6.97. The van der Waals surface area contributed by atoms with Crippen LogP contribution in [0.5, 0.6) is 0 Å². The molecule has 1 saturated heterocycles. The van der Waals surface area contributed by atoms with Crippen LogP contribution in [0.2, 0.25) is 0 Å². The van der Waals surface area contributed by atoms with Gasteiger partial charge in [-0.05, 0) is 25.7 Å². The van der Waals surface area contributed by atoms with Gasteiger partial charge in [0.2, 0.25) is 0 Å². The highest BCUT2D eigenvalue weighted by molar-refractivity contribution is 4.86. The van der Waals surface area contributed by atoms with Crippen molar-refractivity contribution >= 4 is 0 Å². The Morgan fingerprint density at radius 3 is 2.70 bits per heavy atom. The highest BCUT2D eigenvalue weighted by atomic mass is 16.5. The molecular weight excluding hydrogens is 126 g/mol. The summed E-state index contributed by atoms with van der Waals surface area (Å²) < 4.78 is 5.75. The summed E-state index contributed by atoms with van der Waals surface area (Å²) >= 11 is 0. The summed E-state index contributed by atoms with van der Waals surface area (Å²) in [7, 11) is 0. The average molecular weight is 141 g/mol. The van der Waals surface area contributed by atoms with Crippen molar-refractivity contribution in [3.8, 4) is 0 Å². The Labute approximate surface area is 61.9 Å². The summed E-state index contributed by atoms with van der Waals surface area (Å²) in [6.45, 7) is 4.25. The van der Waals surface area contributed by atoms with Crippen molar-refractivity contribution in [3.05, 3.63) is 0 Å². The minimum atomic E-state index is 0.430. The number of nitrogens with one attached hydrogen (secondary N) is 1. The summed E-state index contributed by atoms with van der Waals surface area (Å²) in [6, 6.07) is 0. The molecule has 0 aromatic rings. The molecule has 1 N–H and O–H groups in total. The van der Waals surface area contributed by atoms with E-state index in [1.807, 2.05) is 0 Å². The summed E-state index contributed by atoms with van der Waals surface area (Å²) in [6.07, 6.45) is 3.74. The average Bonchev–Trinajstić information content (AvgIpc) is 2.68. The van der Waals surface area contributed by atoms with E-state index in [-0.39, 0.29) is 0 Å². The van der Waals surface area contributed by atoms with E-state index < -0.39 is 0 Å². The lowest BCUT2D eigenvalue weighted by molar-refractivity contribution is -0.0380. The molecule has 0 amide bonds. The van der Waals surface area contributed by atoms with Crippen molar-refractivity contribution in [1.29, 1.82) is 0 Å². The number of hydrogen-bond acceptors (Lipinski definition) is 2. The maximum Gasteiger partial charge on any atom is 0.0731 e. The van der Waals surface area contributed by atoms with E-state index in [1.165, 1.54) is 12.8 Å². The molecule has 2 atom stereocenters. The molecule has 2 heteroatoms. The van der Waals surface area contributed by atoms with Crippen molar-refractivity contribution in [2.45, 2.75) is 32.0 Å². The van der Waals surface area contributed by atoms with Crippen LogP contribution in [0.1, 0.15) is 19.8 Å². The first-order chi connectivity index (χ1) is 4.86. The molecule has 0 bridgehead atoms. The van der Waals surface area contributed by atoms with Gasteiger partial charge in [-0.25, -0.2) is 0 Å². The van der Waals surface area contributed by atoms with Crippen LogP contribution in [0.25, 0.3) is 0 Å². The summed E-state index contributed by atoms with van der Waals surface area (Å²) in [5.74, 6) is 0.884. The van der Waals surface area contributed by atoms with Crippen LogP contribution in [0.4, 0.5) is 0 Å². The van der Waals surface area contributed by atoms with Gasteiger partial charge in [0.1, 0.15) is 0 Å². The van der Waals surface area contributed by atoms with Crippen LogP contribution in [-0.2, 0) is 4.74 Å². The second-order valence-corrected chi connectivity index (χ2v) is 3.48. The van der Waals surface area contributed by atoms with Gasteiger partial charge in [0.05, 0.1) is 12.2 Å². The standard InChI is InChI=1S/C8H15NO/c1-6-4-9-5-8(10-6)7-2-3-7/h6-9H,2-5H2,1H3/t6-,8-/m0/s1. The molecule has 0 aromatic carbocycles. The number of morpholine rings is 1. The van der Waals surface area contributed by atoms with Crippen LogP contribution in [0.3, 0.4) is 0 Å². The first-order valence-corrected chi connectivity index (χ1v) is 4.22. The Hall–Kier alpha value is -0.0800. The molecule has 2 aliphatic rings. The molecule has 1 aliphatic carbocycles. The number of ether oxygens (including phenoxy) is 1. The molecule has 58 valence electrons. The zero-order valence-corrected chi connectivity index (χ0v) is 6.47. The third-order valence-corrected chi connectivity index (χ3v) is 2.33. The van der Waals surface area contributed by atoms with Crippen LogP contribution in [0, 0.1) is 5.92 Å². The van der Waals surface area contributed by atoms with E-state index in [0.717, 1.165) is 19.0 Å². The van der Waals surface area contributed by atoms with Crippen molar-refractivity contribution < 1.29 is 4.74 Å². The van der Waals surface area contributed by atoms with Crippen molar-refractivity contribution in [2.24, 2.45) is 5.92 Å². The van der Waals surface area contributed by atoms with Crippen LogP contribution < -0.4 is 5.32 Å². The lowest BCUT2D eigenvalue weighted by Crippen LogP contribution is -2.44. The lowest BCUT2D eigenvalue weighted by atomic mass is 10.2. The Balaban J connectivity index is 1.84. The fourth-order valence-corrected chi connectivity index (χ4v) is 1.57. The molecule has 1 aliphatic heterocycles. The first-order valence-electron chi connectivity index (χ1n) is 4.22. The predicted octanol–water partition coefficient (Wildman–Crippen LogP) is 0.773. The van der Waals surface area contributed by atoms with E-state index in [1.54, 1.807) is 0 Å². The van der Waals surface area contributed by atoms with Gasteiger partial charge < -0.3 is 10.1 Å². The van der Waals surface area contributed by atoms with Gasteiger partial charge in [0.25, 0.3) is 0 Å². The molecule has 0 spiro atoms. The minimum Gasteiger partial charge on any atom is -0.372 e. The molecule has 2 rings (SSSR count). The first kappa shape index (κ1) is 6.62. The zero-order valence-electron chi connectivity index (χ0n) is 6.47. The molecule has 1 heterocycles. The molecule has 10 heavy (non-hydrogen) atoms. The van der Waals surface area contributed by atoms with Gasteiger partial charge in [0.15, 0.2) is 0 Å².